The highest BCUT2D eigenvalue weighted by molar-refractivity contribution is 5.97. The van der Waals surface area contributed by atoms with Gasteiger partial charge in [0.15, 0.2) is 18.2 Å². The SMILES string of the molecule is NC(=O)c1cc2ccccc2nc1C1CCN(C(=O)COc2ccc(F)cc2F)CC1. The van der Waals surface area contributed by atoms with E-state index in [2.05, 4.69) is 4.98 Å². The predicted octanol–water partition coefficient (Wildman–Crippen LogP) is 3.40. The Balaban J connectivity index is 1.42. The lowest BCUT2D eigenvalue weighted by Gasteiger charge is -2.32. The number of likely N-dealkylation sites (tertiary alicyclic amines) is 1. The van der Waals surface area contributed by atoms with Gasteiger partial charge in [-0.05, 0) is 37.1 Å². The number of aromatic nitrogens is 1. The molecule has 1 aliphatic rings. The minimum Gasteiger partial charge on any atom is -0.481 e. The highest BCUT2D eigenvalue weighted by Crippen LogP contribution is 2.31. The van der Waals surface area contributed by atoms with E-state index in [0.29, 0.717) is 43.3 Å². The first-order valence-corrected chi connectivity index (χ1v) is 9.97. The zero-order valence-corrected chi connectivity index (χ0v) is 16.7. The maximum Gasteiger partial charge on any atom is 0.260 e. The van der Waals surface area contributed by atoms with Crippen LogP contribution in [0.2, 0.25) is 0 Å². The van der Waals surface area contributed by atoms with Gasteiger partial charge >= 0.3 is 0 Å². The van der Waals surface area contributed by atoms with Crippen LogP contribution in [0.3, 0.4) is 0 Å². The molecule has 4 rings (SSSR count). The number of benzene rings is 2. The third kappa shape index (κ3) is 4.47. The number of primary amides is 1. The van der Waals surface area contributed by atoms with Crippen LogP contribution in [-0.2, 0) is 4.79 Å². The fourth-order valence-corrected chi connectivity index (χ4v) is 3.86. The molecule has 0 bridgehead atoms. The molecule has 0 saturated carbocycles. The van der Waals surface area contributed by atoms with E-state index in [4.69, 9.17) is 10.5 Å². The van der Waals surface area contributed by atoms with E-state index < -0.39 is 17.5 Å². The van der Waals surface area contributed by atoms with Crippen molar-refractivity contribution < 1.29 is 23.1 Å². The Morgan fingerprint density at radius 1 is 1.10 bits per heavy atom. The van der Waals surface area contributed by atoms with Gasteiger partial charge in [0.05, 0.1) is 16.8 Å². The molecule has 0 radical (unpaired) electrons. The third-order valence-corrected chi connectivity index (χ3v) is 5.50. The summed E-state index contributed by atoms with van der Waals surface area (Å²) in [4.78, 5) is 30.8. The number of amides is 2. The van der Waals surface area contributed by atoms with Crippen molar-refractivity contribution in [3.8, 4) is 5.75 Å². The molecule has 8 heteroatoms. The van der Waals surface area contributed by atoms with Gasteiger partial charge in [-0.25, -0.2) is 8.78 Å². The Labute approximate surface area is 177 Å². The number of carbonyl (C=O) groups excluding carboxylic acids is 2. The molecule has 6 nitrogen and oxygen atoms in total. The van der Waals surface area contributed by atoms with Gasteiger partial charge in [-0.15, -0.1) is 0 Å². The Hall–Kier alpha value is -3.55. The van der Waals surface area contributed by atoms with Crippen LogP contribution in [0.1, 0.15) is 34.8 Å². The molecule has 0 atom stereocenters. The van der Waals surface area contributed by atoms with Crippen molar-refractivity contribution in [3.05, 3.63) is 71.4 Å². The Morgan fingerprint density at radius 2 is 1.84 bits per heavy atom. The van der Waals surface area contributed by atoms with Gasteiger partial charge < -0.3 is 15.4 Å². The minimum absolute atomic E-state index is 0.00776. The van der Waals surface area contributed by atoms with E-state index in [1.807, 2.05) is 24.3 Å². The first kappa shape index (κ1) is 20.7. The smallest absolute Gasteiger partial charge is 0.260 e. The van der Waals surface area contributed by atoms with Crippen molar-refractivity contribution >= 4 is 22.7 Å². The average Bonchev–Trinajstić information content (AvgIpc) is 2.77. The van der Waals surface area contributed by atoms with Gasteiger partial charge in [0.2, 0.25) is 0 Å². The molecule has 0 aliphatic carbocycles. The van der Waals surface area contributed by atoms with E-state index >= 15 is 0 Å². The molecule has 2 amide bonds. The highest BCUT2D eigenvalue weighted by Gasteiger charge is 2.28. The molecule has 31 heavy (non-hydrogen) atoms. The molecule has 2 heterocycles. The zero-order chi connectivity index (χ0) is 22.0. The first-order chi connectivity index (χ1) is 14.9. The Bertz CT molecular complexity index is 1140. The molecular weight excluding hydrogens is 404 g/mol. The summed E-state index contributed by atoms with van der Waals surface area (Å²) in [6.07, 6.45) is 1.23. The summed E-state index contributed by atoms with van der Waals surface area (Å²) in [5.74, 6) is -2.56. The maximum atomic E-state index is 13.7. The lowest BCUT2D eigenvalue weighted by Crippen LogP contribution is -2.41. The second-order valence-electron chi connectivity index (χ2n) is 7.50. The minimum atomic E-state index is -0.854. The van der Waals surface area contributed by atoms with Crippen molar-refractivity contribution in [2.75, 3.05) is 19.7 Å². The van der Waals surface area contributed by atoms with Crippen LogP contribution in [0.15, 0.2) is 48.5 Å². The maximum absolute atomic E-state index is 13.7. The number of hydrogen-bond donors (Lipinski definition) is 1. The van der Waals surface area contributed by atoms with Gasteiger partial charge in [-0.1, -0.05) is 18.2 Å². The van der Waals surface area contributed by atoms with Crippen LogP contribution in [0, 0.1) is 11.6 Å². The molecular formula is C23H21F2N3O3. The number of ether oxygens (including phenoxy) is 1. The topological polar surface area (TPSA) is 85.5 Å². The van der Waals surface area contributed by atoms with E-state index in [1.54, 1.807) is 11.0 Å². The van der Waals surface area contributed by atoms with Crippen LogP contribution in [0.25, 0.3) is 10.9 Å². The quantitative estimate of drug-likeness (QED) is 0.679. The normalized spacial score (nSPS) is 14.6. The average molecular weight is 425 g/mol. The van der Waals surface area contributed by atoms with Crippen molar-refractivity contribution in [1.29, 1.82) is 0 Å². The Kier molecular flexibility index (Phi) is 5.79. The van der Waals surface area contributed by atoms with E-state index in [-0.39, 0.29) is 24.2 Å². The van der Waals surface area contributed by atoms with Crippen LogP contribution in [0.5, 0.6) is 5.75 Å². The predicted molar refractivity (Wildman–Crippen MR) is 111 cm³/mol. The second-order valence-corrected chi connectivity index (χ2v) is 7.50. The molecule has 0 unspecified atom stereocenters. The lowest BCUT2D eigenvalue weighted by molar-refractivity contribution is -0.134. The van der Waals surface area contributed by atoms with Gasteiger partial charge in [0.1, 0.15) is 5.82 Å². The number of halogens is 2. The van der Waals surface area contributed by atoms with Gasteiger partial charge in [0.25, 0.3) is 11.8 Å². The molecule has 1 aromatic heterocycles. The van der Waals surface area contributed by atoms with Crippen molar-refractivity contribution in [3.63, 3.8) is 0 Å². The number of nitrogens with zero attached hydrogens (tertiary/aromatic N) is 2. The number of rotatable bonds is 5. The number of hydrogen-bond acceptors (Lipinski definition) is 4. The largest absolute Gasteiger partial charge is 0.481 e. The fraction of sp³-hybridized carbons (Fsp3) is 0.261. The van der Waals surface area contributed by atoms with Crippen LogP contribution in [0.4, 0.5) is 8.78 Å². The van der Waals surface area contributed by atoms with Crippen molar-refractivity contribution in [2.45, 2.75) is 18.8 Å². The molecule has 1 saturated heterocycles. The summed E-state index contributed by atoms with van der Waals surface area (Å²) in [7, 11) is 0. The summed E-state index contributed by atoms with van der Waals surface area (Å²) < 4.78 is 31.8. The molecule has 160 valence electrons. The molecule has 0 spiro atoms. The van der Waals surface area contributed by atoms with Crippen LogP contribution in [-0.4, -0.2) is 41.4 Å². The number of piperidine rings is 1. The fourth-order valence-electron chi connectivity index (χ4n) is 3.86. The van der Waals surface area contributed by atoms with E-state index in [1.165, 1.54) is 0 Å². The molecule has 3 aromatic rings. The standard InChI is InChI=1S/C23H21F2N3O3/c24-16-5-6-20(18(25)12-16)31-13-21(29)28-9-7-14(8-10-28)22-17(23(26)30)11-15-3-1-2-4-19(15)27-22/h1-6,11-12,14H,7-10,13H2,(H2,26,30). The monoisotopic (exact) mass is 425 g/mol. The van der Waals surface area contributed by atoms with Crippen LogP contribution >= 0.6 is 0 Å². The molecule has 2 aromatic carbocycles. The molecule has 1 fully saturated rings. The first-order valence-electron chi connectivity index (χ1n) is 9.97. The summed E-state index contributed by atoms with van der Waals surface area (Å²) in [6.45, 7) is 0.560. The number of nitrogens with two attached hydrogens (primary N) is 1. The summed E-state index contributed by atoms with van der Waals surface area (Å²) in [5, 5.41) is 0.845. The van der Waals surface area contributed by atoms with Gasteiger partial charge in [0, 0.05) is 30.5 Å². The summed E-state index contributed by atoms with van der Waals surface area (Å²) >= 11 is 0. The summed E-state index contributed by atoms with van der Waals surface area (Å²) in [5.41, 5.74) is 7.43. The number of carbonyl (C=O) groups is 2. The zero-order valence-electron chi connectivity index (χ0n) is 16.7. The molecule has 1 aliphatic heterocycles. The van der Waals surface area contributed by atoms with E-state index in [0.717, 1.165) is 23.0 Å². The number of fused-ring (bicyclic) bond motifs is 1. The number of pyridine rings is 1. The van der Waals surface area contributed by atoms with Gasteiger partial charge in [-0.2, -0.15) is 0 Å². The Morgan fingerprint density at radius 3 is 2.55 bits per heavy atom. The van der Waals surface area contributed by atoms with Crippen molar-refractivity contribution in [1.82, 2.24) is 9.88 Å². The van der Waals surface area contributed by atoms with Gasteiger partial charge in [-0.3, -0.25) is 14.6 Å². The van der Waals surface area contributed by atoms with Crippen LogP contribution < -0.4 is 10.5 Å². The second kappa shape index (κ2) is 8.67. The summed E-state index contributed by atoms with van der Waals surface area (Å²) in [6, 6.07) is 12.2. The highest BCUT2D eigenvalue weighted by atomic mass is 19.1. The third-order valence-electron chi connectivity index (χ3n) is 5.50. The van der Waals surface area contributed by atoms with E-state index in [9.17, 15) is 18.4 Å². The van der Waals surface area contributed by atoms with Crippen molar-refractivity contribution in [2.24, 2.45) is 5.73 Å². The molecule has 2 N–H and O–H groups in total. The number of para-hydroxylation sites is 1. The lowest BCUT2D eigenvalue weighted by atomic mass is 9.89.